The molecule has 25 heavy (non-hydrogen) atoms. The molecule has 1 fully saturated rings. The van der Waals surface area contributed by atoms with Crippen LogP contribution in [0.4, 0.5) is 0 Å². The summed E-state index contributed by atoms with van der Waals surface area (Å²) >= 11 is 0. The van der Waals surface area contributed by atoms with Gasteiger partial charge < -0.3 is 15.0 Å². The van der Waals surface area contributed by atoms with E-state index < -0.39 is 24.4 Å². The van der Waals surface area contributed by atoms with Crippen LogP contribution in [0.1, 0.15) is 31.4 Å². The minimum atomic E-state index is -0.564. The van der Waals surface area contributed by atoms with Gasteiger partial charge in [-0.05, 0) is 12.5 Å². The molecule has 1 aromatic carbocycles. The smallest absolute Gasteiger partial charge is 0.311 e. The first-order valence-electron chi connectivity index (χ1n) is 8.17. The summed E-state index contributed by atoms with van der Waals surface area (Å²) in [7, 11) is 0. The molecule has 132 valence electrons. The molecule has 1 N–H and O–H groups in total. The highest BCUT2D eigenvalue weighted by atomic mass is 16.5. The van der Waals surface area contributed by atoms with Gasteiger partial charge in [0.05, 0.1) is 24.4 Å². The van der Waals surface area contributed by atoms with Crippen molar-refractivity contribution < 1.29 is 19.1 Å². The topological polar surface area (TPSA) is 99.5 Å². The first kappa shape index (κ1) is 18.5. The Morgan fingerprint density at radius 2 is 2.12 bits per heavy atom. The van der Waals surface area contributed by atoms with Crippen molar-refractivity contribution in [3.8, 4) is 6.07 Å². The van der Waals surface area contributed by atoms with Crippen LogP contribution in [0.3, 0.4) is 0 Å². The number of amides is 2. The van der Waals surface area contributed by atoms with Crippen LogP contribution in [0.2, 0.25) is 0 Å². The maximum Gasteiger partial charge on any atom is 0.311 e. The molecule has 0 aromatic heterocycles. The molecule has 1 saturated heterocycles. The number of nitrogens with one attached hydrogen (secondary N) is 1. The number of likely N-dealkylation sites (tertiary alicyclic amines) is 1. The lowest BCUT2D eigenvalue weighted by atomic mass is 10.1. The van der Waals surface area contributed by atoms with E-state index in [1.54, 1.807) is 4.90 Å². The summed E-state index contributed by atoms with van der Waals surface area (Å²) in [4.78, 5) is 37.5. The number of hydrogen-bond acceptors (Lipinski definition) is 5. The number of nitrogens with zero attached hydrogens (tertiary/aromatic N) is 2. The van der Waals surface area contributed by atoms with Crippen molar-refractivity contribution >= 4 is 17.8 Å². The Hall–Kier alpha value is -2.88. The molecule has 0 unspecified atom stereocenters. The third-order valence-corrected chi connectivity index (χ3v) is 4.15. The van der Waals surface area contributed by atoms with Gasteiger partial charge >= 0.3 is 5.97 Å². The summed E-state index contributed by atoms with van der Waals surface area (Å²) in [6.45, 7) is 2.02. The highest BCUT2D eigenvalue weighted by molar-refractivity contribution is 5.88. The summed E-state index contributed by atoms with van der Waals surface area (Å²) in [5.41, 5.74) is 1.00. The molecule has 1 aromatic rings. The fourth-order valence-corrected chi connectivity index (χ4v) is 2.74. The molecule has 0 saturated carbocycles. The van der Waals surface area contributed by atoms with Crippen LogP contribution in [-0.2, 0) is 19.1 Å². The number of ether oxygens (including phenoxy) is 1. The lowest BCUT2D eigenvalue weighted by Gasteiger charge is -2.25. The van der Waals surface area contributed by atoms with Crippen LogP contribution >= 0.6 is 0 Å². The van der Waals surface area contributed by atoms with E-state index in [9.17, 15) is 14.4 Å². The van der Waals surface area contributed by atoms with E-state index in [-0.39, 0.29) is 37.9 Å². The minimum absolute atomic E-state index is 0.0893. The molecule has 2 amide bonds. The predicted molar refractivity (Wildman–Crippen MR) is 88.9 cm³/mol. The minimum Gasteiger partial charge on any atom is -0.455 e. The van der Waals surface area contributed by atoms with Crippen molar-refractivity contribution in [3.63, 3.8) is 0 Å². The van der Waals surface area contributed by atoms with Crippen molar-refractivity contribution in [1.29, 1.82) is 5.26 Å². The fraction of sp³-hybridized carbons (Fsp3) is 0.444. The van der Waals surface area contributed by atoms with E-state index in [2.05, 4.69) is 5.32 Å². The number of carbonyl (C=O) groups is 3. The van der Waals surface area contributed by atoms with Crippen LogP contribution in [0, 0.1) is 17.2 Å². The molecule has 1 heterocycles. The van der Waals surface area contributed by atoms with E-state index in [4.69, 9.17) is 10.00 Å². The largest absolute Gasteiger partial charge is 0.455 e. The van der Waals surface area contributed by atoms with Gasteiger partial charge in [-0.1, -0.05) is 30.3 Å². The second-order valence-corrected chi connectivity index (χ2v) is 5.90. The summed E-state index contributed by atoms with van der Waals surface area (Å²) in [6.07, 6.45) is 0.287. The summed E-state index contributed by atoms with van der Waals surface area (Å²) < 4.78 is 4.99. The van der Waals surface area contributed by atoms with E-state index >= 15 is 0 Å². The molecule has 0 bridgehead atoms. The number of rotatable bonds is 7. The van der Waals surface area contributed by atoms with Crippen molar-refractivity contribution in [2.75, 3.05) is 19.7 Å². The molecular weight excluding hydrogens is 322 g/mol. The number of hydrogen-bond donors (Lipinski definition) is 1. The molecule has 2 atom stereocenters. The molecule has 2 rings (SSSR count). The molecule has 7 heteroatoms. The second-order valence-electron chi connectivity index (χ2n) is 5.90. The van der Waals surface area contributed by atoms with Crippen molar-refractivity contribution in [2.24, 2.45) is 5.92 Å². The molecule has 0 aliphatic carbocycles. The van der Waals surface area contributed by atoms with E-state index in [1.807, 2.05) is 43.3 Å². The van der Waals surface area contributed by atoms with Crippen LogP contribution < -0.4 is 5.32 Å². The van der Waals surface area contributed by atoms with Crippen LogP contribution in [-0.4, -0.2) is 42.4 Å². The van der Waals surface area contributed by atoms with Crippen LogP contribution in [0.25, 0.3) is 0 Å². The quantitative estimate of drug-likeness (QED) is 0.592. The standard InChI is InChI=1S/C18H21N3O4/c1-13(14-6-3-2-4-7-14)21-11-15(10-17(21)23)18(24)25-12-16(22)20-9-5-8-19/h2-4,6-7,13,15H,5,9-12H2,1H3,(H,20,22)/t13-,15+/m1/s1. The Morgan fingerprint density at radius 3 is 2.80 bits per heavy atom. The lowest BCUT2D eigenvalue weighted by molar-refractivity contribution is -0.152. The molecular formula is C18H21N3O4. The van der Waals surface area contributed by atoms with E-state index in [0.717, 1.165) is 5.56 Å². The van der Waals surface area contributed by atoms with E-state index in [1.165, 1.54) is 0 Å². The number of esters is 1. The maximum atomic E-state index is 12.2. The average molecular weight is 343 g/mol. The third-order valence-electron chi connectivity index (χ3n) is 4.15. The predicted octanol–water partition coefficient (Wildman–Crippen LogP) is 1.17. The fourth-order valence-electron chi connectivity index (χ4n) is 2.74. The van der Waals surface area contributed by atoms with Gasteiger partial charge in [-0.3, -0.25) is 14.4 Å². The van der Waals surface area contributed by atoms with Gasteiger partial charge in [0.15, 0.2) is 6.61 Å². The normalized spacial score (nSPS) is 17.7. The van der Waals surface area contributed by atoms with Gasteiger partial charge in [0.25, 0.3) is 5.91 Å². The van der Waals surface area contributed by atoms with Crippen LogP contribution in [0.15, 0.2) is 30.3 Å². The van der Waals surface area contributed by atoms with Crippen molar-refractivity contribution in [1.82, 2.24) is 10.2 Å². The van der Waals surface area contributed by atoms with Gasteiger partial charge in [-0.2, -0.15) is 5.26 Å². The van der Waals surface area contributed by atoms with Crippen molar-refractivity contribution in [3.05, 3.63) is 35.9 Å². The molecule has 1 aliphatic rings. The Bertz CT molecular complexity index is 669. The Kier molecular flexibility index (Phi) is 6.52. The maximum absolute atomic E-state index is 12.2. The first-order valence-corrected chi connectivity index (χ1v) is 8.17. The number of carbonyl (C=O) groups excluding carboxylic acids is 3. The van der Waals surface area contributed by atoms with Gasteiger partial charge in [-0.25, -0.2) is 0 Å². The Balaban J connectivity index is 1.84. The molecule has 7 nitrogen and oxygen atoms in total. The second kappa shape index (κ2) is 8.83. The summed E-state index contributed by atoms with van der Waals surface area (Å²) in [5, 5.41) is 10.9. The molecule has 1 aliphatic heterocycles. The molecule has 0 spiro atoms. The third kappa shape index (κ3) is 5.05. The van der Waals surface area contributed by atoms with Gasteiger partial charge in [0.2, 0.25) is 5.91 Å². The highest BCUT2D eigenvalue weighted by Gasteiger charge is 2.38. The molecule has 0 radical (unpaired) electrons. The zero-order valence-electron chi connectivity index (χ0n) is 14.1. The average Bonchev–Trinajstić information content (AvgIpc) is 3.02. The first-order chi connectivity index (χ1) is 12.0. The SMILES string of the molecule is C[C@H](c1ccccc1)N1C[C@@H](C(=O)OCC(=O)NCCC#N)CC1=O. The Labute approximate surface area is 146 Å². The monoisotopic (exact) mass is 343 g/mol. The number of nitriles is 1. The summed E-state index contributed by atoms with van der Waals surface area (Å²) in [5.74, 6) is -1.67. The zero-order chi connectivity index (χ0) is 18.2. The number of benzene rings is 1. The van der Waals surface area contributed by atoms with Crippen molar-refractivity contribution in [2.45, 2.75) is 25.8 Å². The van der Waals surface area contributed by atoms with Gasteiger partial charge in [-0.15, -0.1) is 0 Å². The van der Waals surface area contributed by atoms with Crippen LogP contribution in [0.5, 0.6) is 0 Å². The van der Waals surface area contributed by atoms with Gasteiger partial charge in [0.1, 0.15) is 0 Å². The summed E-state index contributed by atoms with van der Waals surface area (Å²) in [6, 6.07) is 11.4. The van der Waals surface area contributed by atoms with Gasteiger partial charge in [0, 0.05) is 19.5 Å². The zero-order valence-corrected chi connectivity index (χ0v) is 14.1. The highest BCUT2D eigenvalue weighted by Crippen LogP contribution is 2.28. The Morgan fingerprint density at radius 1 is 1.40 bits per heavy atom. The lowest BCUT2D eigenvalue weighted by Crippen LogP contribution is -2.32. The van der Waals surface area contributed by atoms with E-state index in [0.29, 0.717) is 0 Å².